The van der Waals surface area contributed by atoms with Crippen molar-refractivity contribution < 1.29 is 0 Å². The van der Waals surface area contributed by atoms with Crippen LogP contribution in [0.25, 0.3) is 0 Å². The first-order valence-electron chi connectivity index (χ1n) is 3.50. The molecule has 0 saturated heterocycles. The molecule has 0 aromatic carbocycles. The molecule has 1 saturated carbocycles. The Hall–Kier alpha value is -0.520. The number of allylic oxidation sites excluding steroid dienone is 2. The Labute approximate surface area is 57.3 Å². The van der Waals surface area contributed by atoms with Gasteiger partial charge in [0.2, 0.25) is 0 Å². The van der Waals surface area contributed by atoms with Crippen molar-refractivity contribution in [2.45, 2.75) is 19.8 Å². The summed E-state index contributed by atoms with van der Waals surface area (Å²) < 4.78 is 0. The fourth-order valence-electron chi connectivity index (χ4n) is 1.12. The van der Waals surface area contributed by atoms with Crippen LogP contribution in [0.3, 0.4) is 0 Å². The average Bonchev–Trinajstić information content (AvgIpc) is 2.68. The van der Waals surface area contributed by atoms with E-state index < -0.39 is 0 Å². The van der Waals surface area contributed by atoms with E-state index in [4.69, 9.17) is 0 Å². The Kier molecular flexibility index (Phi) is 1.48. The summed E-state index contributed by atoms with van der Waals surface area (Å²) in [5.41, 5.74) is 0.222. The molecular formula is C9H14. The molecule has 0 heterocycles. The normalized spacial score (nSPS) is 19.2. The molecule has 1 fully saturated rings. The zero-order valence-corrected chi connectivity index (χ0v) is 6.06. The van der Waals surface area contributed by atoms with Gasteiger partial charge in [-0.3, -0.25) is 0 Å². The molecule has 0 aliphatic heterocycles. The van der Waals surface area contributed by atoms with Crippen LogP contribution in [-0.4, -0.2) is 0 Å². The van der Waals surface area contributed by atoms with Crippen LogP contribution in [0.5, 0.6) is 0 Å². The molecule has 0 spiro atoms. The minimum absolute atomic E-state index is 0.222. The molecule has 0 unspecified atom stereocenters. The molecule has 1 aliphatic carbocycles. The van der Waals surface area contributed by atoms with Gasteiger partial charge in [0.25, 0.3) is 0 Å². The predicted octanol–water partition coefficient (Wildman–Crippen LogP) is 2.77. The predicted molar refractivity (Wildman–Crippen MR) is 41.2 cm³/mol. The van der Waals surface area contributed by atoms with Crippen LogP contribution in [0.4, 0.5) is 0 Å². The van der Waals surface area contributed by atoms with Crippen molar-refractivity contribution in [1.29, 1.82) is 0 Å². The van der Waals surface area contributed by atoms with Gasteiger partial charge in [0.05, 0.1) is 0 Å². The van der Waals surface area contributed by atoms with Gasteiger partial charge in [0, 0.05) is 5.41 Å². The Bertz CT molecular complexity index is 121. The molecule has 0 atom stereocenters. The van der Waals surface area contributed by atoms with Crippen LogP contribution in [0.15, 0.2) is 25.3 Å². The van der Waals surface area contributed by atoms with Crippen molar-refractivity contribution in [3.8, 4) is 0 Å². The van der Waals surface area contributed by atoms with Crippen molar-refractivity contribution in [3.05, 3.63) is 25.3 Å². The Morgan fingerprint density at radius 3 is 1.89 bits per heavy atom. The highest BCUT2D eigenvalue weighted by Gasteiger charge is 2.36. The Balaban J connectivity index is 2.63. The molecule has 0 bridgehead atoms. The van der Waals surface area contributed by atoms with Gasteiger partial charge in [-0.15, -0.1) is 13.2 Å². The summed E-state index contributed by atoms with van der Waals surface area (Å²) in [7, 11) is 0. The molecule has 1 aliphatic rings. The summed E-state index contributed by atoms with van der Waals surface area (Å²) >= 11 is 0. The lowest BCUT2D eigenvalue weighted by Gasteiger charge is -2.19. The van der Waals surface area contributed by atoms with E-state index in [-0.39, 0.29) is 5.41 Å². The largest absolute Gasteiger partial charge is 0.102 e. The monoisotopic (exact) mass is 122 g/mol. The number of rotatable bonds is 3. The Morgan fingerprint density at radius 2 is 1.78 bits per heavy atom. The molecule has 1 rings (SSSR count). The van der Waals surface area contributed by atoms with Crippen molar-refractivity contribution in [3.63, 3.8) is 0 Å². The summed E-state index contributed by atoms with van der Waals surface area (Å²) in [6.45, 7) is 9.79. The first-order valence-corrected chi connectivity index (χ1v) is 3.50. The first-order chi connectivity index (χ1) is 4.23. The zero-order chi connectivity index (χ0) is 6.91. The highest BCUT2D eigenvalue weighted by Crippen LogP contribution is 2.46. The second-order valence-electron chi connectivity index (χ2n) is 3.05. The Morgan fingerprint density at radius 1 is 1.33 bits per heavy atom. The summed E-state index contributed by atoms with van der Waals surface area (Å²) in [4.78, 5) is 0. The third kappa shape index (κ3) is 1.07. The highest BCUT2D eigenvalue weighted by molar-refractivity contribution is 5.10. The van der Waals surface area contributed by atoms with Crippen LogP contribution < -0.4 is 0 Å². The zero-order valence-electron chi connectivity index (χ0n) is 6.06. The van der Waals surface area contributed by atoms with E-state index in [2.05, 4.69) is 20.1 Å². The molecule has 0 heteroatoms. The standard InChI is InChI=1S/C9H14/c1-4-9(3,5-2)8-6-7-8/h4-5,8H,1-2,6-7H2,3H3. The molecule has 0 aromatic heterocycles. The summed E-state index contributed by atoms with van der Waals surface area (Å²) in [6, 6.07) is 0. The second kappa shape index (κ2) is 2.02. The third-order valence-electron chi connectivity index (χ3n) is 2.34. The lowest BCUT2D eigenvalue weighted by atomic mass is 9.85. The van der Waals surface area contributed by atoms with E-state index in [1.165, 1.54) is 12.8 Å². The van der Waals surface area contributed by atoms with Crippen molar-refractivity contribution in [2.24, 2.45) is 11.3 Å². The third-order valence-corrected chi connectivity index (χ3v) is 2.34. The average molecular weight is 122 g/mol. The fourth-order valence-corrected chi connectivity index (χ4v) is 1.12. The van der Waals surface area contributed by atoms with E-state index in [1.807, 2.05) is 12.2 Å². The van der Waals surface area contributed by atoms with Crippen molar-refractivity contribution in [2.75, 3.05) is 0 Å². The van der Waals surface area contributed by atoms with Gasteiger partial charge in [-0.2, -0.15) is 0 Å². The van der Waals surface area contributed by atoms with Gasteiger partial charge in [0.1, 0.15) is 0 Å². The maximum atomic E-state index is 3.79. The molecule has 0 N–H and O–H groups in total. The van der Waals surface area contributed by atoms with Gasteiger partial charge in [-0.05, 0) is 18.8 Å². The molecular weight excluding hydrogens is 108 g/mol. The van der Waals surface area contributed by atoms with Crippen LogP contribution in [0, 0.1) is 11.3 Å². The number of hydrogen-bond acceptors (Lipinski definition) is 0. The van der Waals surface area contributed by atoms with Gasteiger partial charge < -0.3 is 0 Å². The van der Waals surface area contributed by atoms with Gasteiger partial charge in [-0.1, -0.05) is 19.1 Å². The molecule has 50 valence electrons. The van der Waals surface area contributed by atoms with Crippen LogP contribution in [-0.2, 0) is 0 Å². The van der Waals surface area contributed by atoms with Gasteiger partial charge in [0.15, 0.2) is 0 Å². The molecule has 0 radical (unpaired) electrons. The number of hydrogen-bond donors (Lipinski definition) is 0. The SMILES string of the molecule is C=CC(C)(C=C)C1CC1. The second-order valence-corrected chi connectivity index (χ2v) is 3.05. The summed E-state index contributed by atoms with van der Waals surface area (Å²) in [6.07, 6.45) is 6.73. The van der Waals surface area contributed by atoms with Crippen molar-refractivity contribution in [1.82, 2.24) is 0 Å². The molecule has 9 heavy (non-hydrogen) atoms. The quantitative estimate of drug-likeness (QED) is 0.505. The van der Waals surface area contributed by atoms with Crippen LogP contribution in [0.1, 0.15) is 19.8 Å². The van der Waals surface area contributed by atoms with Gasteiger partial charge >= 0.3 is 0 Å². The minimum Gasteiger partial charge on any atom is -0.102 e. The fraction of sp³-hybridized carbons (Fsp3) is 0.556. The van der Waals surface area contributed by atoms with Gasteiger partial charge in [-0.25, -0.2) is 0 Å². The molecule has 0 amide bonds. The van der Waals surface area contributed by atoms with Crippen LogP contribution >= 0.6 is 0 Å². The maximum absolute atomic E-state index is 3.79. The van der Waals surface area contributed by atoms with E-state index in [1.54, 1.807) is 0 Å². The summed E-state index contributed by atoms with van der Waals surface area (Å²) in [5, 5.41) is 0. The van der Waals surface area contributed by atoms with Crippen molar-refractivity contribution >= 4 is 0 Å². The highest BCUT2D eigenvalue weighted by atomic mass is 14.4. The minimum atomic E-state index is 0.222. The van der Waals surface area contributed by atoms with E-state index in [0.29, 0.717) is 0 Å². The van der Waals surface area contributed by atoms with E-state index in [0.717, 1.165) is 5.92 Å². The first kappa shape index (κ1) is 6.60. The topological polar surface area (TPSA) is 0 Å². The summed E-state index contributed by atoms with van der Waals surface area (Å²) in [5.74, 6) is 0.840. The molecule has 0 aromatic rings. The lowest BCUT2D eigenvalue weighted by Crippen LogP contribution is -2.10. The van der Waals surface area contributed by atoms with Crippen LogP contribution in [0.2, 0.25) is 0 Å². The van der Waals surface area contributed by atoms with E-state index >= 15 is 0 Å². The molecule has 0 nitrogen and oxygen atoms in total. The smallest absolute Gasteiger partial charge is 0.00556 e. The maximum Gasteiger partial charge on any atom is 0.00556 e. The lowest BCUT2D eigenvalue weighted by molar-refractivity contribution is 0.475. The van der Waals surface area contributed by atoms with E-state index in [9.17, 15) is 0 Å².